The first-order valence-electron chi connectivity index (χ1n) is 8.09. The number of amides is 1. The summed E-state index contributed by atoms with van der Waals surface area (Å²) in [6.45, 7) is 2.65. The van der Waals surface area contributed by atoms with Crippen LogP contribution in [0.1, 0.15) is 35.0 Å². The van der Waals surface area contributed by atoms with Crippen LogP contribution in [-0.2, 0) is 0 Å². The molecule has 1 fully saturated rings. The van der Waals surface area contributed by atoms with E-state index >= 15 is 0 Å². The number of benzene rings is 1. The molecule has 2 heterocycles. The highest BCUT2D eigenvalue weighted by molar-refractivity contribution is 9.10. The summed E-state index contributed by atoms with van der Waals surface area (Å²) < 4.78 is 11.1. The molecule has 0 unspecified atom stereocenters. The molecule has 128 valence electrons. The fourth-order valence-electron chi connectivity index (χ4n) is 3.05. The number of carbonyl (C=O) groups is 1. The normalized spacial score (nSPS) is 16.1. The molecule has 1 aromatic carbocycles. The van der Waals surface area contributed by atoms with Crippen LogP contribution in [0.3, 0.4) is 0 Å². The van der Waals surface area contributed by atoms with Crippen LogP contribution in [0, 0.1) is 0 Å². The molecule has 1 amide bonds. The van der Waals surface area contributed by atoms with Crippen molar-refractivity contribution in [3.63, 3.8) is 0 Å². The Hall–Kier alpha value is -1.79. The van der Waals surface area contributed by atoms with Crippen LogP contribution in [0.5, 0.6) is 5.75 Å². The molecule has 1 atom stereocenters. The van der Waals surface area contributed by atoms with Gasteiger partial charge in [-0.05, 0) is 71.7 Å². The lowest BCUT2D eigenvalue weighted by atomic mass is 10.1. The number of methoxy groups -OCH3 is 1. The van der Waals surface area contributed by atoms with Crippen molar-refractivity contribution in [2.24, 2.45) is 0 Å². The van der Waals surface area contributed by atoms with Gasteiger partial charge in [-0.3, -0.25) is 9.69 Å². The molecule has 3 rings (SSSR count). The topological polar surface area (TPSA) is 54.7 Å². The van der Waals surface area contributed by atoms with Gasteiger partial charge in [-0.1, -0.05) is 12.1 Å². The van der Waals surface area contributed by atoms with Gasteiger partial charge in [0, 0.05) is 6.54 Å². The van der Waals surface area contributed by atoms with Gasteiger partial charge in [0.2, 0.25) is 0 Å². The number of hydrogen-bond acceptors (Lipinski definition) is 4. The predicted octanol–water partition coefficient (Wildman–Crippen LogP) is 3.62. The van der Waals surface area contributed by atoms with Gasteiger partial charge >= 0.3 is 0 Å². The molecule has 2 aromatic rings. The highest BCUT2D eigenvalue weighted by Gasteiger charge is 2.24. The number of halogens is 1. The Kier molecular flexibility index (Phi) is 5.58. The first-order chi connectivity index (χ1) is 11.7. The van der Waals surface area contributed by atoms with Gasteiger partial charge in [0.15, 0.2) is 10.4 Å². The second-order valence-corrected chi connectivity index (χ2v) is 6.63. The fraction of sp³-hybridized carbons (Fsp3) is 0.389. The molecular weight excluding hydrogens is 372 g/mol. The van der Waals surface area contributed by atoms with E-state index in [9.17, 15) is 4.79 Å². The molecule has 1 aliphatic rings. The standard InChI is InChI=1S/C18H21BrN2O3/c1-23-14-6-4-13(5-7-14)15(21-10-2-3-11-21)12-20-18(22)16-8-9-17(19)24-16/h4-9,15H,2-3,10-12H2,1H3,(H,20,22)/t15-/m0/s1. The summed E-state index contributed by atoms with van der Waals surface area (Å²) in [5.41, 5.74) is 1.18. The van der Waals surface area contributed by atoms with Crippen molar-refractivity contribution in [3.05, 3.63) is 52.4 Å². The smallest absolute Gasteiger partial charge is 0.287 e. The predicted molar refractivity (Wildman–Crippen MR) is 95.3 cm³/mol. The maximum Gasteiger partial charge on any atom is 0.287 e. The number of hydrogen-bond donors (Lipinski definition) is 1. The van der Waals surface area contributed by atoms with Crippen LogP contribution in [0.4, 0.5) is 0 Å². The number of likely N-dealkylation sites (tertiary alicyclic amines) is 1. The molecule has 0 saturated carbocycles. The highest BCUT2D eigenvalue weighted by Crippen LogP contribution is 2.26. The Balaban J connectivity index is 1.71. The Labute approximate surface area is 150 Å². The molecular formula is C18H21BrN2O3. The zero-order valence-corrected chi connectivity index (χ0v) is 15.2. The Morgan fingerprint density at radius 2 is 1.96 bits per heavy atom. The van der Waals surface area contributed by atoms with Gasteiger partial charge in [0.1, 0.15) is 5.75 Å². The highest BCUT2D eigenvalue weighted by atomic mass is 79.9. The van der Waals surface area contributed by atoms with Crippen LogP contribution in [0.25, 0.3) is 0 Å². The van der Waals surface area contributed by atoms with Crippen molar-refractivity contribution in [2.75, 3.05) is 26.7 Å². The van der Waals surface area contributed by atoms with E-state index in [-0.39, 0.29) is 11.9 Å². The van der Waals surface area contributed by atoms with Crippen LogP contribution in [-0.4, -0.2) is 37.6 Å². The summed E-state index contributed by atoms with van der Waals surface area (Å²) in [6.07, 6.45) is 2.40. The van der Waals surface area contributed by atoms with Crippen LogP contribution < -0.4 is 10.1 Å². The second-order valence-electron chi connectivity index (χ2n) is 5.85. The quantitative estimate of drug-likeness (QED) is 0.815. The van der Waals surface area contributed by atoms with Gasteiger partial charge in [0.05, 0.1) is 13.2 Å². The minimum absolute atomic E-state index is 0.153. The summed E-state index contributed by atoms with van der Waals surface area (Å²) in [5, 5.41) is 2.99. The van der Waals surface area contributed by atoms with E-state index in [1.807, 2.05) is 12.1 Å². The average Bonchev–Trinajstić information content (AvgIpc) is 3.27. The van der Waals surface area contributed by atoms with Crippen molar-refractivity contribution in [2.45, 2.75) is 18.9 Å². The molecule has 0 bridgehead atoms. The van der Waals surface area contributed by atoms with Crippen LogP contribution >= 0.6 is 15.9 Å². The summed E-state index contributed by atoms with van der Waals surface area (Å²) in [6, 6.07) is 11.6. The molecule has 24 heavy (non-hydrogen) atoms. The zero-order valence-electron chi connectivity index (χ0n) is 13.6. The van der Waals surface area contributed by atoms with E-state index in [2.05, 4.69) is 38.3 Å². The van der Waals surface area contributed by atoms with Gasteiger partial charge in [-0.15, -0.1) is 0 Å². The fourth-order valence-corrected chi connectivity index (χ4v) is 3.36. The molecule has 5 nitrogen and oxygen atoms in total. The Morgan fingerprint density at radius 1 is 1.25 bits per heavy atom. The summed E-state index contributed by atoms with van der Waals surface area (Å²) in [5.74, 6) is 0.957. The van der Waals surface area contributed by atoms with Crippen molar-refractivity contribution in [1.82, 2.24) is 10.2 Å². The van der Waals surface area contributed by atoms with Crippen molar-refractivity contribution < 1.29 is 13.9 Å². The lowest BCUT2D eigenvalue weighted by Crippen LogP contribution is -2.36. The zero-order chi connectivity index (χ0) is 16.9. The van der Waals surface area contributed by atoms with E-state index in [1.165, 1.54) is 18.4 Å². The molecule has 0 spiro atoms. The lowest BCUT2D eigenvalue weighted by Gasteiger charge is -2.28. The first-order valence-corrected chi connectivity index (χ1v) is 8.88. The number of rotatable bonds is 6. The molecule has 1 aromatic heterocycles. The molecule has 0 radical (unpaired) electrons. The van der Waals surface area contributed by atoms with E-state index in [0.717, 1.165) is 18.8 Å². The van der Waals surface area contributed by atoms with Crippen LogP contribution in [0.2, 0.25) is 0 Å². The number of nitrogens with one attached hydrogen (secondary N) is 1. The van der Waals surface area contributed by atoms with E-state index in [4.69, 9.17) is 9.15 Å². The average molecular weight is 393 g/mol. The third kappa shape index (κ3) is 3.99. The summed E-state index contributed by atoms with van der Waals surface area (Å²) in [4.78, 5) is 14.7. The van der Waals surface area contributed by atoms with E-state index < -0.39 is 0 Å². The monoisotopic (exact) mass is 392 g/mol. The van der Waals surface area contributed by atoms with Crippen molar-refractivity contribution in [1.29, 1.82) is 0 Å². The third-order valence-corrected chi connectivity index (χ3v) is 4.76. The lowest BCUT2D eigenvalue weighted by molar-refractivity contribution is 0.0909. The summed E-state index contributed by atoms with van der Waals surface area (Å²) in [7, 11) is 1.66. The molecule has 0 aliphatic carbocycles. The van der Waals surface area contributed by atoms with Gasteiger partial charge in [0.25, 0.3) is 5.91 Å². The SMILES string of the molecule is COc1ccc([C@H](CNC(=O)c2ccc(Br)o2)N2CCCC2)cc1. The van der Waals surface area contributed by atoms with Gasteiger partial charge in [-0.2, -0.15) is 0 Å². The molecule has 6 heteroatoms. The minimum atomic E-state index is -0.196. The van der Waals surface area contributed by atoms with Gasteiger partial charge < -0.3 is 14.5 Å². The Bertz CT molecular complexity index is 678. The maximum absolute atomic E-state index is 12.2. The number of furan rings is 1. The maximum atomic E-state index is 12.2. The Morgan fingerprint density at radius 3 is 2.54 bits per heavy atom. The van der Waals surface area contributed by atoms with E-state index in [0.29, 0.717) is 17.0 Å². The molecule has 1 saturated heterocycles. The molecule has 1 aliphatic heterocycles. The largest absolute Gasteiger partial charge is 0.497 e. The van der Waals surface area contributed by atoms with Crippen LogP contribution in [0.15, 0.2) is 45.5 Å². The number of ether oxygens (including phenoxy) is 1. The summed E-state index contributed by atoms with van der Waals surface area (Å²) >= 11 is 3.22. The molecule has 1 N–H and O–H groups in total. The van der Waals surface area contributed by atoms with Gasteiger partial charge in [-0.25, -0.2) is 0 Å². The number of nitrogens with zero attached hydrogens (tertiary/aromatic N) is 1. The van der Waals surface area contributed by atoms with Crippen molar-refractivity contribution >= 4 is 21.8 Å². The van der Waals surface area contributed by atoms with Crippen molar-refractivity contribution in [3.8, 4) is 5.75 Å². The number of carbonyl (C=O) groups excluding carboxylic acids is 1. The second kappa shape index (κ2) is 7.85. The minimum Gasteiger partial charge on any atom is -0.497 e. The first kappa shape index (κ1) is 17.0. The third-order valence-electron chi connectivity index (χ3n) is 4.33. The van der Waals surface area contributed by atoms with E-state index in [1.54, 1.807) is 19.2 Å².